The number of ketones is 1. The standard InChI is InChI=1S/C19H22N2O/c1-13-16-9-8-14-12-21(2)20-18(14)19(16,11-10-17(13)22)15-6-4-3-5-7-15/h3-7,12-13,16H,8-11H2,1-2H3/t13-,16-,19+/m0/s1. The van der Waals surface area contributed by atoms with Crippen molar-refractivity contribution in [2.45, 2.75) is 38.0 Å². The largest absolute Gasteiger partial charge is 0.299 e. The quantitative estimate of drug-likeness (QED) is 0.809. The molecule has 1 fully saturated rings. The summed E-state index contributed by atoms with van der Waals surface area (Å²) in [7, 11) is 2.00. The van der Waals surface area contributed by atoms with Crippen LogP contribution in [0.25, 0.3) is 0 Å². The highest BCUT2D eigenvalue weighted by atomic mass is 16.1. The number of rotatable bonds is 1. The van der Waals surface area contributed by atoms with E-state index in [9.17, 15) is 4.79 Å². The molecular weight excluding hydrogens is 272 g/mol. The molecule has 0 spiro atoms. The summed E-state index contributed by atoms with van der Waals surface area (Å²) in [6, 6.07) is 10.7. The fourth-order valence-electron chi connectivity index (χ4n) is 4.81. The van der Waals surface area contributed by atoms with Gasteiger partial charge in [0.15, 0.2) is 0 Å². The van der Waals surface area contributed by atoms with Crippen LogP contribution in [0.5, 0.6) is 0 Å². The maximum Gasteiger partial charge on any atom is 0.136 e. The van der Waals surface area contributed by atoms with Gasteiger partial charge in [0.25, 0.3) is 0 Å². The lowest BCUT2D eigenvalue weighted by Crippen LogP contribution is -2.49. The van der Waals surface area contributed by atoms with E-state index in [0.29, 0.717) is 18.1 Å². The highest BCUT2D eigenvalue weighted by Crippen LogP contribution is 2.54. The fourth-order valence-corrected chi connectivity index (χ4v) is 4.81. The SMILES string of the molecule is C[C@@H]1C(=O)CC[C@]2(c3ccccc3)c3nn(C)cc3CC[C@@H]12. The summed E-state index contributed by atoms with van der Waals surface area (Å²) in [4.78, 5) is 12.3. The number of aryl methyl sites for hydroxylation is 2. The predicted octanol–water partition coefficient (Wildman–Crippen LogP) is 3.27. The van der Waals surface area contributed by atoms with Gasteiger partial charge in [0.05, 0.1) is 5.69 Å². The van der Waals surface area contributed by atoms with E-state index in [-0.39, 0.29) is 11.3 Å². The minimum absolute atomic E-state index is 0.0799. The molecule has 0 aliphatic heterocycles. The van der Waals surface area contributed by atoms with Crippen molar-refractivity contribution in [1.82, 2.24) is 9.78 Å². The number of Topliss-reactive ketones (excluding diaryl/α,β-unsaturated/α-hetero) is 1. The second-order valence-corrected chi connectivity index (χ2v) is 6.91. The molecule has 2 aromatic rings. The van der Waals surface area contributed by atoms with Crippen LogP contribution in [0, 0.1) is 11.8 Å². The van der Waals surface area contributed by atoms with Gasteiger partial charge in [-0.15, -0.1) is 0 Å². The Balaban J connectivity index is 1.97. The molecule has 3 heteroatoms. The highest BCUT2D eigenvalue weighted by Gasteiger charge is 2.53. The second kappa shape index (κ2) is 4.80. The molecule has 2 aliphatic rings. The lowest BCUT2D eigenvalue weighted by atomic mass is 9.53. The van der Waals surface area contributed by atoms with Crippen LogP contribution in [0.3, 0.4) is 0 Å². The number of nitrogens with zero attached hydrogens (tertiary/aromatic N) is 2. The van der Waals surface area contributed by atoms with E-state index in [1.54, 1.807) is 0 Å². The third-order valence-electron chi connectivity index (χ3n) is 5.85. The molecule has 0 radical (unpaired) electrons. The van der Waals surface area contributed by atoms with E-state index in [4.69, 9.17) is 5.10 Å². The Bertz CT molecular complexity index is 718. The monoisotopic (exact) mass is 294 g/mol. The molecule has 1 aromatic carbocycles. The first-order chi connectivity index (χ1) is 10.6. The highest BCUT2D eigenvalue weighted by molar-refractivity contribution is 5.83. The van der Waals surface area contributed by atoms with Crippen LogP contribution < -0.4 is 0 Å². The van der Waals surface area contributed by atoms with Crippen LogP contribution in [-0.2, 0) is 23.7 Å². The molecule has 2 aliphatic carbocycles. The smallest absolute Gasteiger partial charge is 0.136 e. The topological polar surface area (TPSA) is 34.9 Å². The number of carbonyl (C=O) groups is 1. The van der Waals surface area contributed by atoms with E-state index in [2.05, 4.69) is 43.5 Å². The van der Waals surface area contributed by atoms with Gasteiger partial charge >= 0.3 is 0 Å². The van der Waals surface area contributed by atoms with Crippen molar-refractivity contribution in [2.24, 2.45) is 18.9 Å². The first kappa shape index (κ1) is 13.7. The number of hydrogen-bond donors (Lipinski definition) is 0. The molecule has 0 saturated heterocycles. The van der Waals surface area contributed by atoms with Crippen molar-refractivity contribution in [3.8, 4) is 0 Å². The molecule has 3 atom stereocenters. The molecule has 3 nitrogen and oxygen atoms in total. The molecular formula is C19H22N2O. The average Bonchev–Trinajstić information content (AvgIpc) is 2.92. The number of hydrogen-bond acceptors (Lipinski definition) is 2. The summed E-state index contributed by atoms with van der Waals surface area (Å²) in [5.41, 5.74) is 3.84. The Hall–Kier alpha value is -1.90. The van der Waals surface area contributed by atoms with E-state index in [1.807, 2.05) is 11.7 Å². The molecule has 0 bridgehead atoms. The van der Waals surface area contributed by atoms with E-state index >= 15 is 0 Å². The van der Waals surface area contributed by atoms with E-state index < -0.39 is 0 Å². The maximum atomic E-state index is 12.3. The summed E-state index contributed by atoms with van der Waals surface area (Å²) in [5, 5.41) is 4.85. The second-order valence-electron chi connectivity index (χ2n) is 6.91. The summed E-state index contributed by atoms with van der Waals surface area (Å²) in [6.07, 6.45) is 5.86. The Morgan fingerprint density at radius 3 is 2.77 bits per heavy atom. The first-order valence-corrected chi connectivity index (χ1v) is 8.24. The molecule has 4 rings (SSSR count). The van der Waals surface area contributed by atoms with Crippen LogP contribution in [0.4, 0.5) is 0 Å². The minimum atomic E-state index is -0.0799. The van der Waals surface area contributed by atoms with Crippen molar-refractivity contribution >= 4 is 5.78 Å². The molecule has 22 heavy (non-hydrogen) atoms. The zero-order chi connectivity index (χ0) is 15.3. The van der Waals surface area contributed by atoms with Crippen LogP contribution in [0.2, 0.25) is 0 Å². The number of aromatic nitrogens is 2. The van der Waals surface area contributed by atoms with Crippen LogP contribution in [0.1, 0.15) is 43.0 Å². The minimum Gasteiger partial charge on any atom is -0.299 e. The van der Waals surface area contributed by atoms with Crippen molar-refractivity contribution in [2.75, 3.05) is 0 Å². The van der Waals surface area contributed by atoms with Gasteiger partial charge in [0.2, 0.25) is 0 Å². The zero-order valence-electron chi connectivity index (χ0n) is 13.2. The molecule has 1 aromatic heterocycles. The summed E-state index contributed by atoms with van der Waals surface area (Å²) >= 11 is 0. The van der Waals surface area contributed by atoms with Crippen molar-refractivity contribution in [1.29, 1.82) is 0 Å². The maximum absolute atomic E-state index is 12.3. The normalized spacial score (nSPS) is 30.7. The lowest BCUT2D eigenvalue weighted by Gasteiger charge is -2.49. The van der Waals surface area contributed by atoms with Gasteiger partial charge < -0.3 is 0 Å². The van der Waals surface area contributed by atoms with Gasteiger partial charge in [-0.1, -0.05) is 37.3 Å². The van der Waals surface area contributed by atoms with Crippen molar-refractivity contribution in [3.05, 3.63) is 53.3 Å². The number of benzene rings is 1. The fraction of sp³-hybridized carbons (Fsp3) is 0.474. The van der Waals surface area contributed by atoms with Gasteiger partial charge in [-0.05, 0) is 36.3 Å². The molecule has 0 N–H and O–H groups in total. The van der Waals surface area contributed by atoms with Gasteiger partial charge in [-0.25, -0.2) is 0 Å². The molecule has 0 unspecified atom stereocenters. The Labute approximate surface area is 131 Å². The van der Waals surface area contributed by atoms with E-state index in [0.717, 1.165) is 19.3 Å². The van der Waals surface area contributed by atoms with E-state index in [1.165, 1.54) is 16.8 Å². The Kier molecular flexibility index (Phi) is 3.00. The lowest BCUT2D eigenvalue weighted by molar-refractivity contribution is -0.128. The van der Waals surface area contributed by atoms with Gasteiger partial charge in [-0.3, -0.25) is 9.48 Å². The number of fused-ring (bicyclic) bond motifs is 3. The molecule has 1 heterocycles. The van der Waals surface area contributed by atoms with Gasteiger partial charge in [0.1, 0.15) is 5.78 Å². The van der Waals surface area contributed by atoms with Crippen LogP contribution in [-0.4, -0.2) is 15.6 Å². The van der Waals surface area contributed by atoms with Crippen molar-refractivity contribution in [3.63, 3.8) is 0 Å². The first-order valence-electron chi connectivity index (χ1n) is 8.24. The van der Waals surface area contributed by atoms with Crippen molar-refractivity contribution < 1.29 is 4.79 Å². The van der Waals surface area contributed by atoms with Gasteiger partial charge in [0, 0.05) is 31.0 Å². The summed E-state index contributed by atoms with van der Waals surface area (Å²) in [6.45, 7) is 2.12. The predicted molar refractivity (Wildman–Crippen MR) is 85.6 cm³/mol. The Morgan fingerprint density at radius 1 is 1.23 bits per heavy atom. The zero-order valence-corrected chi connectivity index (χ0v) is 13.2. The Morgan fingerprint density at radius 2 is 2.00 bits per heavy atom. The molecule has 0 amide bonds. The third-order valence-corrected chi connectivity index (χ3v) is 5.85. The number of carbonyl (C=O) groups excluding carboxylic acids is 1. The van der Waals surface area contributed by atoms with Gasteiger partial charge in [-0.2, -0.15) is 5.10 Å². The summed E-state index contributed by atoms with van der Waals surface area (Å²) in [5.74, 6) is 0.929. The molecule has 114 valence electrons. The third kappa shape index (κ3) is 1.74. The van der Waals surface area contributed by atoms with Crippen LogP contribution in [0.15, 0.2) is 36.5 Å². The van der Waals surface area contributed by atoms with Crippen LogP contribution >= 0.6 is 0 Å². The molecule has 1 saturated carbocycles. The average molecular weight is 294 g/mol. The summed E-state index contributed by atoms with van der Waals surface area (Å²) < 4.78 is 1.94.